The third-order valence-corrected chi connectivity index (χ3v) is 2.47. The van der Waals surface area contributed by atoms with Crippen LogP contribution in [-0.2, 0) is 0 Å². The number of hydrogen-bond acceptors (Lipinski definition) is 3. The molecule has 0 spiro atoms. The van der Waals surface area contributed by atoms with Gasteiger partial charge in [-0.3, -0.25) is 0 Å². The van der Waals surface area contributed by atoms with Crippen LogP contribution in [0.3, 0.4) is 0 Å². The Labute approximate surface area is 95.3 Å². The molecule has 2 aromatic rings. The molecule has 0 aliphatic rings. The molecule has 3 nitrogen and oxygen atoms in total. The number of pyridine rings is 1. The highest BCUT2D eigenvalue weighted by Gasteiger charge is 2.04. The minimum Gasteiger partial charge on any atom is -0.399 e. The quantitative estimate of drug-likeness (QED) is 0.771. The summed E-state index contributed by atoms with van der Waals surface area (Å²) in [6.45, 7) is 2.10. The molecule has 0 fully saturated rings. The number of rotatable bonds is 3. The summed E-state index contributed by atoms with van der Waals surface area (Å²) in [6, 6.07) is 13.9. The Balaban J connectivity index is 2.09. The minimum absolute atomic E-state index is 0.218. The van der Waals surface area contributed by atoms with Crippen molar-refractivity contribution < 1.29 is 0 Å². The van der Waals surface area contributed by atoms with Crippen LogP contribution in [0.25, 0.3) is 0 Å². The van der Waals surface area contributed by atoms with Crippen molar-refractivity contribution in [2.75, 3.05) is 11.1 Å². The molecule has 1 aromatic heterocycles. The first-order chi connectivity index (χ1) is 7.75. The van der Waals surface area contributed by atoms with E-state index in [1.807, 2.05) is 42.5 Å². The van der Waals surface area contributed by atoms with Crippen molar-refractivity contribution >= 4 is 11.5 Å². The van der Waals surface area contributed by atoms with Crippen molar-refractivity contribution in [3.63, 3.8) is 0 Å². The largest absolute Gasteiger partial charge is 0.399 e. The number of aromatic nitrogens is 1. The van der Waals surface area contributed by atoms with Gasteiger partial charge in [0.05, 0.1) is 0 Å². The van der Waals surface area contributed by atoms with Gasteiger partial charge in [0.2, 0.25) is 0 Å². The topological polar surface area (TPSA) is 50.9 Å². The van der Waals surface area contributed by atoms with Gasteiger partial charge in [0.15, 0.2) is 0 Å². The standard InChI is InChI=1S/C13H15N3/c1-10(11-5-7-12(14)8-6-11)16-13-4-2-3-9-15-13/h2-10H,14H2,1H3,(H,15,16). The third kappa shape index (κ3) is 2.51. The van der Waals surface area contributed by atoms with Crippen LogP contribution < -0.4 is 11.1 Å². The van der Waals surface area contributed by atoms with Gasteiger partial charge in [-0.1, -0.05) is 18.2 Å². The number of benzene rings is 1. The Bertz CT molecular complexity index is 436. The van der Waals surface area contributed by atoms with Crippen LogP contribution in [-0.4, -0.2) is 4.98 Å². The second-order valence-corrected chi connectivity index (χ2v) is 3.75. The molecule has 1 heterocycles. The highest BCUT2D eigenvalue weighted by Crippen LogP contribution is 2.18. The van der Waals surface area contributed by atoms with E-state index in [0.29, 0.717) is 0 Å². The average molecular weight is 213 g/mol. The number of nitrogen functional groups attached to an aromatic ring is 1. The van der Waals surface area contributed by atoms with E-state index >= 15 is 0 Å². The molecule has 3 heteroatoms. The van der Waals surface area contributed by atoms with E-state index in [-0.39, 0.29) is 6.04 Å². The molecule has 1 unspecified atom stereocenters. The first-order valence-electron chi connectivity index (χ1n) is 5.29. The van der Waals surface area contributed by atoms with Gasteiger partial charge < -0.3 is 11.1 Å². The summed E-state index contributed by atoms with van der Waals surface area (Å²) >= 11 is 0. The SMILES string of the molecule is CC(Nc1ccccn1)c1ccc(N)cc1. The van der Waals surface area contributed by atoms with Crippen LogP contribution in [0.15, 0.2) is 48.7 Å². The lowest BCUT2D eigenvalue weighted by Crippen LogP contribution is -2.07. The summed E-state index contributed by atoms with van der Waals surface area (Å²) in [6.07, 6.45) is 1.78. The van der Waals surface area contributed by atoms with Gasteiger partial charge in [0.1, 0.15) is 5.82 Å². The number of nitrogens with one attached hydrogen (secondary N) is 1. The molecule has 82 valence electrons. The van der Waals surface area contributed by atoms with Gasteiger partial charge in [0.25, 0.3) is 0 Å². The molecule has 16 heavy (non-hydrogen) atoms. The predicted molar refractivity (Wildman–Crippen MR) is 67.1 cm³/mol. The molecule has 1 aromatic carbocycles. The van der Waals surface area contributed by atoms with Crippen molar-refractivity contribution in [1.82, 2.24) is 4.98 Å². The zero-order valence-electron chi connectivity index (χ0n) is 9.22. The Kier molecular flexibility index (Phi) is 3.05. The molecule has 2 rings (SSSR count). The first-order valence-corrected chi connectivity index (χ1v) is 5.29. The highest BCUT2D eigenvalue weighted by atomic mass is 15.0. The number of nitrogens with two attached hydrogens (primary N) is 1. The van der Waals surface area contributed by atoms with Crippen LogP contribution in [0, 0.1) is 0 Å². The Morgan fingerprint density at radius 2 is 1.88 bits per heavy atom. The monoisotopic (exact) mass is 213 g/mol. The van der Waals surface area contributed by atoms with E-state index in [4.69, 9.17) is 5.73 Å². The van der Waals surface area contributed by atoms with E-state index in [1.54, 1.807) is 6.20 Å². The number of hydrogen-bond donors (Lipinski definition) is 2. The average Bonchev–Trinajstić information content (AvgIpc) is 2.31. The zero-order chi connectivity index (χ0) is 11.4. The predicted octanol–water partition coefficient (Wildman–Crippen LogP) is 2.84. The molecule has 0 saturated heterocycles. The summed E-state index contributed by atoms with van der Waals surface area (Å²) < 4.78 is 0. The lowest BCUT2D eigenvalue weighted by atomic mass is 10.1. The van der Waals surface area contributed by atoms with Crippen molar-refractivity contribution in [3.8, 4) is 0 Å². The van der Waals surface area contributed by atoms with Crippen molar-refractivity contribution in [2.45, 2.75) is 13.0 Å². The fraction of sp³-hybridized carbons (Fsp3) is 0.154. The summed E-state index contributed by atoms with van der Waals surface area (Å²) in [4.78, 5) is 4.23. The van der Waals surface area contributed by atoms with E-state index < -0.39 is 0 Å². The van der Waals surface area contributed by atoms with E-state index in [2.05, 4.69) is 17.2 Å². The first kappa shape index (κ1) is 10.5. The molecule has 0 radical (unpaired) electrons. The second kappa shape index (κ2) is 4.66. The van der Waals surface area contributed by atoms with Crippen LogP contribution in [0.2, 0.25) is 0 Å². The van der Waals surface area contributed by atoms with Crippen molar-refractivity contribution in [1.29, 1.82) is 0 Å². The van der Waals surface area contributed by atoms with Gasteiger partial charge in [0, 0.05) is 17.9 Å². The molecule has 3 N–H and O–H groups in total. The Morgan fingerprint density at radius 3 is 2.50 bits per heavy atom. The highest BCUT2D eigenvalue weighted by molar-refractivity contribution is 5.43. The number of nitrogens with zero attached hydrogens (tertiary/aromatic N) is 1. The third-order valence-electron chi connectivity index (χ3n) is 2.47. The molecule has 0 amide bonds. The smallest absolute Gasteiger partial charge is 0.126 e. The summed E-state index contributed by atoms with van der Waals surface area (Å²) in [5, 5.41) is 3.33. The molecular formula is C13H15N3. The van der Waals surface area contributed by atoms with Crippen LogP contribution in [0.1, 0.15) is 18.5 Å². The lowest BCUT2D eigenvalue weighted by Gasteiger charge is -2.14. The van der Waals surface area contributed by atoms with E-state index in [0.717, 1.165) is 11.5 Å². The molecule has 0 bridgehead atoms. The molecular weight excluding hydrogens is 198 g/mol. The molecule has 0 saturated carbocycles. The molecule has 1 atom stereocenters. The molecule has 0 aliphatic carbocycles. The number of anilines is 2. The maximum absolute atomic E-state index is 5.65. The fourth-order valence-corrected chi connectivity index (χ4v) is 1.54. The van der Waals surface area contributed by atoms with Gasteiger partial charge in [-0.05, 0) is 36.8 Å². The van der Waals surface area contributed by atoms with Crippen molar-refractivity contribution in [2.24, 2.45) is 0 Å². The second-order valence-electron chi connectivity index (χ2n) is 3.75. The van der Waals surface area contributed by atoms with Gasteiger partial charge >= 0.3 is 0 Å². The maximum atomic E-state index is 5.65. The maximum Gasteiger partial charge on any atom is 0.126 e. The van der Waals surface area contributed by atoms with Crippen LogP contribution in [0.4, 0.5) is 11.5 Å². The minimum atomic E-state index is 0.218. The zero-order valence-corrected chi connectivity index (χ0v) is 9.22. The lowest BCUT2D eigenvalue weighted by molar-refractivity contribution is 0.875. The van der Waals surface area contributed by atoms with Gasteiger partial charge in [-0.15, -0.1) is 0 Å². The van der Waals surface area contributed by atoms with Crippen LogP contribution in [0.5, 0.6) is 0 Å². The Morgan fingerprint density at radius 1 is 1.12 bits per heavy atom. The van der Waals surface area contributed by atoms with Gasteiger partial charge in [-0.2, -0.15) is 0 Å². The summed E-state index contributed by atoms with van der Waals surface area (Å²) in [7, 11) is 0. The van der Waals surface area contributed by atoms with Gasteiger partial charge in [-0.25, -0.2) is 4.98 Å². The molecule has 0 aliphatic heterocycles. The Hall–Kier alpha value is -2.03. The normalized spacial score (nSPS) is 12.1. The van der Waals surface area contributed by atoms with E-state index in [9.17, 15) is 0 Å². The fourth-order valence-electron chi connectivity index (χ4n) is 1.54. The summed E-state index contributed by atoms with van der Waals surface area (Å²) in [5.74, 6) is 0.881. The van der Waals surface area contributed by atoms with Crippen molar-refractivity contribution in [3.05, 3.63) is 54.2 Å². The van der Waals surface area contributed by atoms with Crippen LogP contribution >= 0.6 is 0 Å². The van der Waals surface area contributed by atoms with E-state index in [1.165, 1.54) is 5.56 Å². The summed E-state index contributed by atoms with van der Waals surface area (Å²) in [5.41, 5.74) is 7.63.